The van der Waals surface area contributed by atoms with Gasteiger partial charge in [-0.2, -0.15) is 0 Å². The van der Waals surface area contributed by atoms with Gasteiger partial charge in [0.2, 0.25) is 11.8 Å². The van der Waals surface area contributed by atoms with Crippen molar-refractivity contribution in [2.75, 3.05) is 31.8 Å². The fraction of sp³-hybridized carbons (Fsp3) is 0.190. The van der Waals surface area contributed by atoms with Crippen LogP contribution in [-0.4, -0.2) is 48.2 Å². The van der Waals surface area contributed by atoms with Crippen LogP contribution in [0.4, 0.5) is 5.69 Å². The average molecular weight is 428 g/mol. The predicted molar refractivity (Wildman–Crippen MR) is 118 cm³/mol. The molecule has 6 nitrogen and oxygen atoms in total. The van der Waals surface area contributed by atoms with E-state index in [1.807, 2.05) is 35.7 Å². The lowest BCUT2D eigenvalue weighted by molar-refractivity contribution is -0.131. The lowest BCUT2D eigenvalue weighted by Gasteiger charge is -2.16. The van der Waals surface area contributed by atoms with Gasteiger partial charge in [0.25, 0.3) is 0 Å². The van der Waals surface area contributed by atoms with Crippen molar-refractivity contribution in [3.63, 3.8) is 0 Å². The van der Waals surface area contributed by atoms with Gasteiger partial charge in [0.1, 0.15) is 5.75 Å². The van der Waals surface area contributed by atoms with Crippen LogP contribution in [0.5, 0.6) is 5.75 Å². The standard InChI is InChI=1S/C21H21N3O3S2/c1-24(12-19(25)22-16-9-6-10-17(11-16)27-2)20(26)14-29-21-23-18(13-28-21)15-7-4-3-5-8-15/h3-11,13H,12,14H2,1-2H3,(H,22,25). The summed E-state index contributed by atoms with van der Waals surface area (Å²) in [5, 5.41) is 4.75. The predicted octanol–water partition coefficient (Wildman–Crippen LogP) is 4.01. The Morgan fingerprint density at radius 1 is 1.17 bits per heavy atom. The number of likely N-dealkylation sites (N-methyl/N-ethyl adjacent to an activating group) is 1. The van der Waals surface area contributed by atoms with Crippen molar-refractivity contribution in [1.29, 1.82) is 0 Å². The molecule has 2 aromatic carbocycles. The van der Waals surface area contributed by atoms with Gasteiger partial charge in [-0.05, 0) is 12.1 Å². The van der Waals surface area contributed by atoms with Crippen molar-refractivity contribution in [2.45, 2.75) is 4.34 Å². The first kappa shape index (κ1) is 20.9. The number of anilines is 1. The lowest BCUT2D eigenvalue weighted by atomic mass is 10.2. The molecule has 29 heavy (non-hydrogen) atoms. The minimum atomic E-state index is -0.264. The van der Waals surface area contributed by atoms with Crippen LogP contribution in [0.3, 0.4) is 0 Å². The smallest absolute Gasteiger partial charge is 0.243 e. The Bertz CT molecular complexity index is 976. The molecule has 1 N–H and O–H groups in total. The summed E-state index contributed by atoms with van der Waals surface area (Å²) in [6.45, 7) is -0.0241. The molecule has 8 heteroatoms. The van der Waals surface area contributed by atoms with Crippen molar-refractivity contribution in [3.05, 3.63) is 60.0 Å². The maximum absolute atomic E-state index is 12.4. The van der Waals surface area contributed by atoms with E-state index in [0.29, 0.717) is 11.4 Å². The second-order valence-electron chi connectivity index (χ2n) is 6.18. The van der Waals surface area contributed by atoms with E-state index in [4.69, 9.17) is 4.74 Å². The van der Waals surface area contributed by atoms with Crippen LogP contribution in [0.15, 0.2) is 64.3 Å². The summed E-state index contributed by atoms with van der Waals surface area (Å²) in [4.78, 5) is 30.5. The van der Waals surface area contributed by atoms with E-state index < -0.39 is 0 Å². The summed E-state index contributed by atoms with van der Waals surface area (Å²) in [5.74, 6) is 0.485. The molecule has 0 saturated heterocycles. The summed E-state index contributed by atoms with van der Waals surface area (Å²) in [6.07, 6.45) is 0. The van der Waals surface area contributed by atoms with Gasteiger partial charge in [0, 0.05) is 29.7 Å². The van der Waals surface area contributed by atoms with Gasteiger partial charge in [0.15, 0.2) is 4.34 Å². The van der Waals surface area contributed by atoms with Crippen LogP contribution in [0.25, 0.3) is 11.3 Å². The van der Waals surface area contributed by atoms with Gasteiger partial charge in [-0.15, -0.1) is 11.3 Å². The molecule has 0 aliphatic heterocycles. The largest absolute Gasteiger partial charge is 0.497 e. The second-order valence-corrected chi connectivity index (χ2v) is 8.26. The van der Waals surface area contributed by atoms with Crippen LogP contribution in [-0.2, 0) is 9.59 Å². The highest BCUT2D eigenvalue weighted by Gasteiger charge is 2.15. The number of hydrogen-bond acceptors (Lipinski definition) is 6. The van der Waals surface area contributed by atoms with Crippen LogP contribution < -0.4 is 10.1 Å². The third kappa shape index (κ3) is 6.07. The molecule has 0 fully saturated rings. The zero-order valence-corrected chi connectivity index (χ0v) is 17.8. The Kier molecular flexibility index (Phi) is 7.26. The number of amides is 2. The topological polar surface area (TPSA) is 71.5 Å². The zero-order valence-electron chi connectivity index (χ0n) is 16.1. The number of ether oxygens (including phenoxy) is 1. The number of aromatic nitrogens is 1. The van der Waals surface area contributed by atoms with Gasteiger partial charge in [-0.3, -0.25) is 9.59 Å². The molecule has 1 aromatic heterocycles. The molecule has 0 spiro atoms. The number of carbonyl (C=O) groups is 2. The Morgan fingerprint density at radius 3 is 2.72 bits per heavy atom. The lowest BCUT2D eigenvalue weighted by Crippen LogP contribution is -2.35. The third-order valence-corrected chi connectivity index (χ3v) is 6.04. The van der Waals surface area contributed by atoms with E-state index >= 15 is 0 Å². The van der Waals surface area contributed by atoms with Crippen molar-refractivity contribution in [1.82, 2.24) is 9.88 Å². The van der Waals surface area contributed by atoms with Crippen molar-refractivity contribution in [2.24, 2.45) is 0 Å². The van der Waals surface area contributed by atoms with Crippen LogP contribution in [0.1, 0.15) is 0 Å². The molecule has 2 amide bonds. The fourth-order valence-corrected chi connectivity index (χ4v) is 4.28. The number of rotatable bonds is 8. The fourth-order valence-electron chi connectivity index (χ4n) is 2.50. The van der Waals surface area contributed by atoms with Gasteiger partial charge in [0.05, 0.1) is 25.1 Å². The SMILES string of the molecule is COc1cccc(NC(=O)CN(C)C(=O)CSc2nc(-c3ccccc3)cs2)c1. The molecule has 150 valence electrons. The normalized spacial score (nSPS) is 10.4. The monoisotopic (exact) mass is 427 g/mol. The number of nitrogens with one attached hydrogen (secondary N) is 1. The number of thioether (sulfide) groups is 1. The molecular formula is C21H21N3O3S2. The van der Waals surface area contributed by atoms with E-state index in [2.05, 4.69) is 10.3 Å². The molecule has 3 rings (SSSR count). The molecular weight excluding hydrogens is 406 g/mol. The molecule has 1 heterocycles. The number of hydrogen-bond donors (Lipinski definition) is 1. The highest BCUT2D eigenvalue weighted by molar-refractivity contribution is 8.01. The van der Waals surface area contributed by atoms with Gasteiger partial charge >= 0.3 is 0 Å². The number of nitrogens with zero attached hydrogens (tertiary/aromatic N) is 2. The van der Waals surface area contributed by atoms with E-state index in [-0.39, 0.29) is 24.1 Å². The molecule has 0 bridgehead atoms. The minimum absolute atomic E-state index is 0.0241. The number of thiazole rings is 1. The van der Waals surface area contributed by atoms with Gasteiger partial charge in [-0.1, -0.05) is 48.2 Å². The summed E-state index contributed by atoms with van der Waals surface area (Å²) in [7, 11) is 3.18. The molecule has 0 aliphatic carbocycles. The van der Waals surface area contributed by atoms with E-state index in [1.165, 1.54) is 28.0 Å². The summed E-state index contributed by atoms with van der Waals surface area (Å²) in [6, 6.07) is 17.0. The summed E-state index contributed by atoms with van der Waals surface area (Å²) >= 11 is 2.88. The Morgan fingerprint density at radius 2 is 1.97 bits per heavy atom. The number of methoxy groups -OCH3 is 1. The van der Waals surface area contributed by atoms with Crippen molar-refractivity contribution in [3.8, 4) is 17.0 Å². The molecule has 0 radical (unpaired) electrons. The molecule has 0 unspecified atom stereocenters. The van der Waals surface area contributed by atoms with Gasteiger partial charge in [-0.25, -0.2) is 4.98 Å². The van der Waals surface area contributed by atoms with Crippen LogP contribution in [0.2, 0.25) is 0 Å². The first-order valence-electron chi connectivity index (χ1n) is 8.87. The average Bonchev–Trinajstić information content (AvgIpc) is 3.21. The summed E-state index contributed by atoms with van der Waals surface area (Å²) in [5.41, 5.74) is 2.57. The van der Waals surface area contributed by atoms with Crippen molar-refractivity contribution >= 4 is 40.6 Å². The Balaban J connectivity index is 1.48. The van der Waals surface area contributed by atoms with Crippen LogP contribution in [0, 0.1) is 0 Å². The highest BCUT2D eigenvalue weighted by Crippen LogP contribution is 2.28. The quantitative estimate of drug-likeness (QED) is 0.550. The maximum Gasteiger partial charge on any atom is 0.243 e. The minimum Gasteiger partial charge on any atom is -0.497 e. The van der Waals surface area contributed by atoms with Crippen LogP contribution >= 0.6 is 23.1 Å². The van der Waals surface area contributed by atoms with E-state index in [1.54, 1.807) is 38.4 Å². The van der Waals surface area contributed by atoms with E-state index in [0.717, 1.165) is 15.6 Å². The van der Waals surface area contributed by atoms with E-state index in [9.17, 15) is 9.59 Å². The molecule has 3 aromatic rings. The Hall–Kier alpha value is -2.84. The molecule has 0 atom stereocenters. The third-order valence-electron chi connectivity index (χ3n) is 4.03. The van der Waals surface area contributed by atoms with Crippen molar-refractivity contribution < 1.29 is 14.3 Å². The second kappa shape index (κ2) is 10.1. The first-order chi connectivity index (χ1) is 14.0. The Labute approximate surface area is 177 Å². The molecule has 0 aliphatic rings. The maximum atomic E-state index is 12.4. The number of benzene rings is 2. The zero-order chi connectivity index (χ0) is 20.6. The molecule has 0 saturated carbocycles. The van der Waals surface area contributed by atoms with Gasteiger partial charge < -0.3 is 15.0 Å². The highest BCUT2D eigenvalue weighted by atomic mass is 32.2. The summed E-state index contributed by atoms with van der Waals surface area (Å²) < 4.78 is 5.96. The first-order valence-corrected chi connectivity index (χ1v) is 10.7. The number of carbonyl (C=O) groups excluding carboxylic acids is 2.